The van der Waals surface area contributed by atoms with Crippen molar-refractivity contribution in [3.05, 3.63) is 52.5 Å². The molecule has 136 valence electrons. The van der Waals surface area contributed by atoms with Crippen molar-refractivity contribution in [2.75, 3.05) is 18.1 Å². The van der Waals surface area contributed by atoms with E-state index in [0.29, 0.717) is 36.0 Å². The molecule has 26 heavy (non-hydrogen) atoms. The Kier molecular flexibility index (Phi) is 5.23. The minimum Gasteiger partial charge on any atom is -0.503 e. The molecule has 0 bridgehead atoms. The van der Waals surface area contributed by atoms with Crippen molar-refractivity contribution in [3.8, 4) is 11.5 Å². The maximum Gasteiger partial charge on any atom is 0.259 e. The van der Waals surface area contributed by atoms with Crippen LogP contribution in [0, 0.1) is 5.92 Å². The molecule has 0 saturated heterocycles. The second kappa shape index (κ2) is 7.42. The molecule has 1 N–H and O–H groups in total. The van der Waals surface area contributed by atoms with Crippen molar-refractivity contribution in [2.24, 2.45) is 5.92 Å². The predicted octanol–water partition coefficient (Wildman–Crippen LogP) is 4.99. The molecule has 0 unspecified atom stereocenters. The smallest absolute Gasteiger partial charge is 0.259 e. The van der Waals surface area contributed by atoms with E-state index < -0.39 is 0 Å². The average molecular weight is 372 g/mol. The number of ether oxygens (including phenoxy) is 1. The third-order valence-electron chi connectivity index (χ3n) is 4.17. The predicted molar refractivity (Wildman–Crippen MR) is 106 cm³/mol. The lowest BCUT2D eigenvalue weighted by atomic mass is 10.0. The van der Waals surface area contributed by atoms with Crippen LogP contribution in [0.25, 0.3) is 11.6 Å². The Morgan fingerprint density at radius 3 is 2.69 bits per heavy atom. The highest BCUT2D eigenvalue weighted by atomic mass is 35.5. The number of amides is 1. The quantitative estimate of drug-likeness (QED) is 0.753. The molecule has 0 atom stereocenters. The van der Waals surface area contributed by atoms with Crippen molar-refractivity contribution in [2.45, 2.75) is 20.8 Å². The molecule has 5 heteroatoms. The van der Waals surface area contributed by atoms with Gasteiger partial charge in [-0.3, -0.25) is 4.79 Å². The minimum absolute atomic E-state index is 0.0259. The molecular weight excluding hydrogens is 350 g/mol. The number of phenolic OH excluding ortho intramolecular Hbond substituents is 1. The molecule has 1 aliphatic heterocycles. The van der Waals surface area contributed by atoms with Gasteiger partial charge in [0.2, 0.25) is 0 Å². The van der Waals surface area contributed by atoms with Crippen LogP contribution in [0.4, 0.5) is 5.69 Å². The van der Waals surface area contributed by atoms with Crippen LogP contribution in [0.1, 0.15) is 31.9 Å². The summed E-state index contributed by atoms with van der Waals surface area (Å²) in [4.78, 5) is 14.8. The van der Waals surface area contributed by atoms with Gasteiger partial charge in [0, 0.05) is 17.7 Å². The zero-order valence-electron chi connectivity index (χ0n) is 15.1. The first-order valence-electron chi connectivity index (χ1n) is 8.70. The Labute approximate surface area is 158 Å². The maximum absolute atomic E-state index is 13.0. The van der Waals surface area contributed by atoms with Crippen LogP contribution < -0.4 is 9.64 Å². The number of nitrogens with zero attached hydrogens (tertiary/aromatic N) is 1. The van der Waals surface area contributed by atoms with Crippen LogP contribution in [0.2, 0.25) is 5.02 Å². The molecular formula is C21H22ClNO3. The van der Waals surface area contributed by atoms with Gasteiger partial charge in [-0.25, -0.2) is 0 Å². The first-order valence-corrected chi connectivity index (χ1v) is 9.08. The first kappa shape index (κ1) is 18.3. The van der Waals surface area contributed by atoms with E-state index in [0.717, 1.165) is 11.3 Å². The van der Waals surface area contributed by atoms with Crippen molar-refractivity contribution in [3.63, 3.8) is 0 Å². The molecule has 1 aliphatic rings. The van der Waals surface area contributed by atoms with Crippen molar-refractivity contribution in [1.29, 1.82) is 0 Å². The number of fused-ring (bicyclic) bond motifs is 1. The summed E-state index contributed by atoms with van der Waals surface area (Å²) in [7, 11) is 0. The Bertz CT molecular complexity index is 874. The van der Waals surface area contributed by atoms with Gasteiger partial charge < -0.3 is 14.7 Å². The monoisotopic (exact) mass is 371 g/mol. The Morgan fingerprint density at radius 2 is 2.00 bits per heavy atom. The fourth-order valence-electron chi connectivity index (χ4n) is 3.10. The van der Waals surface area contributed by atoms with E-state index in [4.69, 9.17) is 16.3 Å². The van der Waals surface area contributed by atoms with Gasteiger partial charge in [-0.2, -0.15) is 0 Å². The van der Waals surface area contributed by atoms with Gasteiger partial charge in [0.1, 0.15) is 0 Å². The summed E-state index contributed by atoms with van der Waals surface area (Å²) >= 11 is 6.12. The van der Waals surface area contributed by atoms with E-state index in [-0.39, 0.29) is 16.7 Å². The van der Waals surface area contributed by atoms with Gasteiger partial charge in [0.15, 0.2) is 11.5 Å². The highest BCUT2D eigenvalue weighted by Gasteiger charge is 2.32. The molecule has 1 heterocycles. The molecule has 2 aromatic carbocycles. The third kappa shape index (κ3) is 3.42. The highest BCUT2D eigenvalue weighted by Crippen LogP contribution is 2.40. The highest BCUT2D eigenvalue weighted by molar-refractivity contribution is 6.36. The van der Waals surface area contributed by atoms with E-state index >= 15 is 0 Å². The van der Waals surface area contributed by atoms with Crippen LogP contribution in [0.15, 0.2) is 36.4 Å². The summed E-state index contributed by atoms with van der Waals surface area (Å²) < 4.78 is 5.43. The Morgan fingerprint density at radius 1 is 1.27 bits per heavy atom. The number of rotatable bonds is 5. The van der Waals surface area contributed by atoms with E-state index in [1.807, 2.05) is 36.1 Å². The van der Waals surface area contributed by atoms with Crippen molar-refractivity contribution in [1.82, 2.24) is 0 Å². The lowest BCUT2D eigenvalue weighted by Crippen LogP contribution is -2.30. The number of carbonyl (C=O) groups excluding carboxylic acids is 1. The number of benzene rings is 2. The average Bonchev–Trinajstić information content (AvgIpc) is 2.85. The molecule has 0 spiro atoms. The number of halogens is 1. The standard InChI is InChI=1S/C21H22ClNO3/c1-4-26-19-11-14(10-17(22)20(19)24)9-16-15-7-5-6-8-18(15)23(21(16)25)12-13(2)3/h5-11,13,24H,4,12H2,1-3H3/b16-9-. The normalized spacial score (nSPS) is 15.0. The van der Waals surface area contributed by atoms with Gasteiger partial charge in [-0.1, -0.05) is 43.6 Å². The Hall–Kier alpha value is -2.46. The van der Waals surface area contributed by atoms with E-state index in [2.05, 4.69) is 13.8 Å². The third-order valence-corrected chi connectivity index (χ3v) is 4.46. The topological polar surface area (TPSA) is 49.8 Å². The van der Waals surface area contributed by atoms with Crippen molar-refractivity contribution >= 4 is 34.8 Å². The van der Waals surface area contributed by atoms with Crippen LogP contribution >= 0.6 is 11.6 Å². The fourth-order valence-corrected chi connectivity index (χ4v) is 3.32. The summed E-state index contributed by atoms with van der Waals surface area (Å²) in [5.41, 5.74) is 3.15. The van der Waals surface area contributed by atoms with Crippen LogP contribution in [-0.2, 0) is 4.79 Å². The van der Waals surface area contributed by atoms with Crippen molar-refractivity contribution < 1.29 is 14.6 Å². The van der Waals surface area contributed by atoms with E-state index in [1.54, 1.807) is 18.2 Å². The number of hydrogen-bond donors (Lipinski definition) is 1. The van der Waals surface area contributed by atoms with Crippen LogP contribution in [0.5, 0.6) is 11.5 Å². The summed E-state index contributed by atoms with van der Waals surface area (Å²) in [5, 5.41) is 10.2. The van der Waals surface area contributed by atoms with E-state index in [1.165, 1.54) is 0 Å². The first-order chi connectivity index (χ1) is 12.4. The molecule has 0 radical (unpaired) electrons. The lowest BCUT2D eigenvalue weighted by Gasteiger charge is -2.19. The summed E-state index contributed by atoms with van der Waals surface area (Å²) in [6.07, 6.45) is 1.80. The summed E-state index contributed by atoms with van der Waals surface area (Å²) in [6.45, 7) is 7.08. The molecule has 1 amide bonds. The zero-order valence-corrected chi connectivity index (χ0v) is 15.9. The molecule has 0 aliphatic carbocycles. The van der Waals surface area contributed by atoms with Gasteiger partial charge in [0.25, 0.3) is 5.91 Å². The number of para-hydroxylation sites is 1. The number of phenols is 1. The minimum atomic E-state index is -0.0877. The second-order valence-corrected chi connectivity index (χ2v) is 7.07. The molecule has 4 nitrogen and oxygen atoms in total. The molecule has 0 fully saturated rings. The van der Waals surface area contributed by atoms with Gasteiger partial charge in [-0.05, 0) is 42.7 Å². The SMILES string of the molecule is CCOc1cc(/C=C2\C(=O)N(CC(C)C)c3ccccc32)cc(Cl)c1O. The maximum atomic E-state index is 13.0. The number of aromatic hydroxyl groups is 1. The number of anilines is 1. The number of carbonyl (C=O) groups is 1. The van der Waals surface area contributed by atoms with Gasteiger partial charge in [0.05, 0.1) is 17.3 Å². The van der Waals surface area contributed by atoms with E-state index in [9.17, 15) is 9.90 Å². The van der Waals surface area contributed by atoms with Gasteiger partial charge in [-0.15, -0.1) is 0 Å². The zero-order chi connectivity index (χ0) is 18.8. The molecule has 0 aromatic heterocycles. The van der Waals surface area contributed by atoms with Crippen LogP contribution in [0.3, 0.4) is 0 Å². The largest absolute Gasteiger partial charge is 0.503 e. The van der Waals surface area contributed by atoms with Gasteiger partial charge >= 0.3 is 0 Å². The second-order valence-electron chi connectivity index (χ2n) is 6.67. The summed E-state index contributed by atoms with van der Waals surface area (Å²) in [5.74, 6) is 0.556. The fraction of sp³-hybridized carbons (Fsp3) is 0.286. The Balaban J connectivity index is 2.08. The molecule has 3 rings (SSSR count). The lowest BCUT2D eigenvalue weighted by molar-refractivity contribution is -0.113. The van der Waals surface area contributed by atoms with Crippen LogP contribution in [-0.4, -0.2) is 24.2 Å². The summed E-state index contributed by atoms with van der Waals surface area (Å²) in [6, 6.07) is 11.1. The molecule has 0 saturated carbocycles. The number of hydrogen-bond acceptors (Lipinski definition) is 3. The molecule has 2 aromatic rings.